The zero-order valence-electron chi connectivity index (χ0n) is 11.8. The molecule has 0 atom stereocenters. The molecule has 0 aliphatic carbocycles. The van der Waals surface area contributed by atoms with Crippen molar-refractivity contribution in [2.45, 2.75) is 25.9 Å². The Morgan fingerprint density at radius 2 is 2.05 bits per heavy atom. The van der Waals surface area contributed by atoms with Crippen molar-refractivity contribution in [2.75, 3.05) is 11.9 Å². The molecular formula is C13H16F3N5. The fraction of sp³-hybridized carbons (Fsp3) is 0.462. The van der Waals surface area contributed by atoms with E-state index in [1.54, 1.807) is 30.2 Å². The first kappa shape index (κ1) is 15.3. The fourth-order valence-corrected chi connectivity index (χ4v) is 1.80. The van der Waals surface area contributed by atoms with Gasteiger partial charge in [-0.25, -0.2) is 9.97 Å². The minimum absolute atomic E-state index is 0.248. The van der Waals surface area contributed by atoms with E-state index in [1.807, 2.05) is 6.92 Å². The van der Waals surface area contributed by atoms with Gasteiger partial charge in [0, 0.05) is 31.4 Å². The van der Waals surface area contributed by atoms with Crippen molar-refractivity contribution in [3.05, 3.63) is 24.3 Å². The van der Waals surface area contributed by atoms with E-state index < -0.39 is 12.6 Å². The van der Waals surface area contributed by atoms with Gasteiger partial charge in [-0.3, -0.25) is 4.68 Å². The molecule has 0 saturated heterocycles. The summed E-state index contributed by atoms with van der Waals surface area (Å²) in [5, 5.41) is 6.99. The summed E-state index contributed by atoms with van der Waals surface area (Å²) in [6, 6.07) is 1.63. The van der Waals surface area contributed by atoms with E-state index >= 15 is 0 Å². The lowest BCUT2D eigenvalue weighted by Gasteiger charge is -2.10. The van der Waals surface area contributed by atoms with Crippen molar-refractivity contribution in [1.82, 2.24) is 19.7 Å². The van der Waals surface area contributed by atoms with Crippen LogP contribution in [0.1, 0.15) is 19.2 Å². The van der Waals surface area contributed by atoms with Crippen LogP contribution in [0.3, 0.4) is 0 Å². The maximum Gasteiger partial charge on any atom is 0.396 e. The molecule has 1 N–H and O–H groups in total. The quantitative estimate of drug-likeness (QED) is 0.922. The highest BCUT2D eigenvalue weighted by atomic mass is 19.4. The summed E-state index contributed by atoms with van der Waals surface area (Å²) in [6.45, 7) is 2.60. The Hall–Kier alpha value is -2.12. The average Bonchev–Trinajstić information content (AvgIpc) is 2.81. The van der Waals surface area contributed by atoms with E-state index in [2.05, 4.69) is 20.4 Å². The summed E-state index contributed by atoms with van der Waals surface area (Å²) in [5.74, 6) is 0.146. The topological polar surface area (TPSA) is 55.6 Å². The third kappa shape index (κ3) is 4.44. The van der Waals surface area contributed by atoms with E-state index in [-0.39, 0.29) is 5.82 Å². The Kier molecular flexibility index (Phi) is 4.44. The molecule has 0 unspecified atom stereocenters. The molecule has 0 saturated carbocycles. The molecule has 2 aromatic rings. The number of anilines is 1. The largest absolute Gasteiger partial charge is 0.396 e. The molecule has 2 heterocycles. The van der Waals surface area contributed by atoms with Crippen molar-refractivity contribution < 1.29 is 13.2 Å². The predicted molar refractivity (Wildman–Crippen MR) is 72.8 cm³/mol. The molecule has 0 amide bonds. The fourth-order valence-electron chi connectivity index (χ4n) is 1.80. The Morgan fingerprint density at radius 1 is 1.29 bits per heavy atom. The second-order valence-corrected chi connectivity index (χ2v) is 4.68. The Balaban J connectivity index is 2.36. The molecule has 0 aromatic carbocycles. The number of hydrogen-bond acceptors (Lipinski definition) is 4. The Labute approximate surface area is 120 Å². The number of hydrogen-bond donors (Lipinski definition) is 1. The lowest BCUT2D eigenvalue weighted by atomic mass is 10.2. The van der Waals surface area contributed by atoms with Crippen molar-refractivity contribution in [1.29, 1.82) is 0 Å². The van der Waals surface area contributed by atoms with Gasteiger partial charge in [0.05, 0.1) is 11.9 Å². The highest BCUT2D eigenvalue weighted by Crippen LogP contribution is 2.24. The van der Waals surface area contributed by atoms with E-state index in [0.29, 0.717) is 23.6 Å². The highest BCUT2D eigenvalue weighted by molar-refractivity contribution is 5.61. The van der Waals surface area contributed by atoms with Gasteiger partial charge in [-0.1, -0.05) is 6.92 Å². The number of rotatable bonds is 5. The van der Waals surface area contributed by atoms with Crippen molar-refractivity contribution in [3.8, 4) is 11.3 Å². The number of alkyl halides is 3. The zero-order valence-corrected chi connectivity index (χ0v) is 11.8. The van der Waals surface area contributed by atoms with Gasteiger partial charge in [0.2, 0.25) is 0 Å². The second kappa shape index (κ2) is 6.11. The molecule has 114 valence electrons. The van der Waals surface area contributed by atoms with Crippen molar-refractivity contribution in [2.24, 2.45) is 7.05 Å². The smallest absolute Gasteiger partial charge is 0.370 e. The van der Waals surface area contributed by atoms with Crippen LogP contribution >= 0.6 is 0 Å². The first-order valence-electron chi connectivity index (χ1n) is 6.55. The third-order valence-electron chi connectivity index (χ3n) is 2.69. The Bertz CT molecular complexity index is 606. The summed E-state index contributed by atoms with van der Waals surface area (Å²) < 4.78 is 39.2. The molecule has 0 radical (unpaired) electrons. The van der Waals surface area contributed by atoms with Gasteiger partial charge in [0.25, 0.3) is 0 Å². The lowest BCUT2D eigenvalue weighted by Crippen LogP contribution is -2.15. The first-order valence-corrected chi connectivity index (χ1v) is 6.55. The number of aryl methyl sites for hydroxylation is 1. The lowest BCUT2D eigenvalue weighted by molar-refractivity contribution is -0.128. The molecule has 2 rings (SSSR count). The van der Waals surface area contributed by atoms with Crippen LogP contribution in [-0.2, 0) is 13.5 Å². The van der Waals surface area contributed by atoms with Crippen LogP contribution in [0.5, 0.6) is 0 Å². The SMILES string of the molecule is CCCNc1cc(-c2cnn(C)c2)nc(CC(F)(F)F)n1. The number of nitrogens with one attached hydrogen (secondary N) is 1. The standard InChI is InChI=1S/C13H16F3N5/c1-3-4-17-11-5-10(9-7-18-21(2)8-9)19-12(20-11)6-13(14,15)16/h5,7-8H,3-4,6H2,1-2H3,(H,17,19,20). The molecule has 0 spiro atoms. The molecule has 0 fully saturated rings. The van der Waals surface area contributed by atoms with E-state index in [4.69, 9.17) is 0 Å². The number of nitrogens with zero attached hydrogens (tertiary/aromatic N) is 4. The van der Waals surface area contributed by atoms with Gasteiger partial charge >= 0.3 is 6.18 Å². The van der Waals surface area contributed by atoms with Gasteiger partial charge in [-0.15, -0.1) is 0 Å². The molecule has 5 nitrogen and oxygen atoms in total. The van der Waals surface area contributed by atoms with Gasteiger partial charge < -0.3 is 5.32 Å². The van der Waals surface area contributed by atoms with Crippen LogP contribution < -0.4 is 5.32 Å². The number of halogens is 3. The molecule has 2 aromatic heterocycles. The zero-order chi connectivity index (χ0) is 15.5. The normalized spacial score (nSPS) is 11.7. The van der Waals surface area contributed by atoms with E-state index in [0.717, 1.165) is 6.42 Å². The summed E-state index contributed by atoms with van der Waals surface area (Å²) in [5.41, 5.74) is 1.08. The average molecular weight is 299 g/mol. The molecule has 0 aliphatic rings. The Morgan fingerprint density at radius 3 is 2.62 bits per heavy atom. The van der Waals surface area contributed by atoms with Gasteiger partial charge in [0.15, 0.2) is 0 Å². The van der Waals surface area contributed by atoms with E-state index in [9.17, 15) is 13.2 Å². The molecule has 21 heavy (non-hydrogen) atoms. The van der Waals surface area contributed by atoms with Gasteiger partial charge in [-0.2, -0.15) is 18.3 Å². The van der Waals surface area contributed by atoms with Gasteiger partial charge in [0.1, 0.15) is 18.1 Å². The number of aromatic nitrogens is 4. The van der Waals surface area contributed by atoms with Crippen LogP contribution in [0.25, 0.3) is 11.3 Å². The van der Waals surface area contributed by atoms with E-state index in [1.165, 1.54) is 0 Å². The van der Waals surface area contributed by atoms with Crippen LogP contribution in [0.15, 0.2) is 18.5 Å². The highest BCUT2D eigenvalue weighted by Gasteiger charge is 2.29. The molecular weight excluding hydrogens is 283 g/mol. The van der Waals surface area contributed by atoms with Crippen molar-refractivity contribution in [3.63, 3.8) is 0 Å². The van der Waals surface area contributed by atoms with Crippen LogP contribution in [0, 0.1) is 0 Å². The summed E-state index contributed by atoms with van der Waals surface area (Å²) in [4.78, 5) is 7.91. The molecule has 8 heteroatoms. The molecule has 0 aliphatic heterocycles. The second-order valence-electron chi connectivity index (χ2n) is 4.68. The summed E-state index contributed by atoms with van der Waals surface area (Å²) in [6.07, 6.45) is -1.38. The van der Waals surface area contributed by atoms with Crippen molar-refractivity contribution >= 4 is 5.82 Å². The first-order chi connectivity index (χ1) is 9.87. The predicted octanol–water partition coefficient (Wildman–Crippen LogP) is 2.80. The van der Waals surface area contributed by atoms with Crippen LogP contribution in [0.2, 0.25) is 0 Å². The minimum Gasteiger partial charge on any atom is -0.370 e. The molecule has 0 bridgehead atoms. The van der Waals surface area contributed by atoms with Gasteiger partial charge in [-0.05, 0) is 6.42 Å². The minimum atomic E-state index is -4.34. The summed E-state index contributed by atoms with van der Waals surface area (Å²) >= 11 is 0. The summed E-state index contributed by atoms with van der Waals surface area (Å²) in [7, 11) is 1.73. The van der Waals surface area contributed by atoms with Crippen LogP contribution in [-0.4, -0.2) is 32.5 Å². The third-order valence-corrected chi connectivity index (χ3v) is 2.69. The maximum atomic E-state index is 12.5. The monoisotopic (exact) mass is 299 g/mol. The van der Waals surface area contributed by atoms with Crippen LogP contribution in [0.4, 0.5) is 19.0 Å². The maximum absolute atomic E-state index is 12.5.